The van der Waals surface area contributed by atoms with Crippen molar-refractivity contribution in [1.29, 1.82) is 0 Å². The van der Waals surface area contributed by atoms with Gasteiger partial charge < -0.3 is 4.74 Å². The molecule has 8 heteroatoms. The van der Waals surface area contributed by atoms with E-state index in [1.54, 1.807) is 48.8 Å². The normalized spacial score (nSPS) is 11.3. The van der Waals surface area contributed by atoms with Gasteiger partial charge in [0.25, 0.3) is 15.9 Å². The minimum Gasteiger partial charge on any atom is -0.470 e. The summed E-state index contributed by atoms with van der Waals surface area (Å²) in [5, 5.41) is 0. The van der Waals surface area contributed by atoms with Crippen molar-refractivity contribution in [3.05, 3.63) is 84.7 Å². The maximum atomic E-state index is 12.7. The van der Waals surface area contributed by atoms with Crippen molar-refractivity contribution in [2.75, 3.05) is 4.72 Å². The van der Waals surface area contributed by atoms with Gasteiger partial charge in [0.2, 0.25) is 5.82 Å². The first-order valence-corrected chi connectivity index (χ1v) is 9.96. The molecule has 0 unspecified atom stereocenters. The SMILES string of the molecule is O=S(=O)(Nc1nc2ccccc2nc1OCc1cccnc1)c1ccccc1. The van der Waals surface area contributed by atoms with Gasteiger partial charge in [-0.3, -0.25) is 9.71 Å². The van der Waals surface area contributed by atoms with E-state index in [9.17, 15) is 8.42 Å². The predicted octanol–water partition coefficient (Wildman–Crippen LogP) is 3.40. The van der Waals surface area contributed by atoms with Crippen molar-refractivity contribution in [2.45, 2.75) is 11.5 Å². The molecular formula is C20H16N4O3S. The highest BCUT2D eigenvalue weighted by molar-refractivity contribution is 7.92. The zero-order chi connectivity index (χ0) is 19.4. The zero-order valence-electron chi connectivity index (χ0n) is 14.7. The second kappa shape index (κ2) is 7.61. The maximum absolute atomic E-state index is 12.7. The molecule has 0 saturated heterocycles. The Labute approximate surface area is 162 Å². The van der Waals surface area contributed by atoms with Gasteiger partial charge in [0.05, 0.1) is 15.9 Å². The number of fused-ring (bicyclic) bond motifs is 1. The monoisotopic (exact) mass is 392 g/mol. The molecule has 1 N–H and O–H groups in total. The summed E-state index contributed by atoms with van der Waals surface area (Å²) in [6, 6.07) is 18.9. The molecule has 0 aliphatic heterocycles. The fourth-order valence-corrected chi connectivity index (χ4v) is 3.59. The summed E-state index contributed by atoms with van der Waals surface area (Å²) in [4.78, 5) is 13.0. The Morgan fingerprint density at radius 2 is 1.57 bits per heavy atom. The standard InChI is InChI=1S/C20H16N4O3S/c25-28(26,16-8-2-1-3-9-16)24-19-20(27-14-15-7-6-12-21-13-15)23-18-11-5-4-10-17(18)22-19/h1-13H,14H2,(H,22,24). The number of nitrogens with zero attached hydrogens (tertiary/aromatic N) is 3. The number of para-hydroxylation sites is 2. The Bertz CT molecular complexity index is 1200. The summed E-state index contributed by atoms with van der Waals surface area (Å²) < 4.78 is 33.7. The molecule has 0 radical (unpaired) electrons. The van der Waals surface area contributed by atoms with E-state index < -0.39 is 10.0 Å². The second-order valence-electron chi connectivity index (χ2n) is 5.93. The van der Waals surface area contributed by atoms with Crippen LogP contribution in [0.4, 0.5) is 5.82 Å². The molecule has 0 spiro atoms. The molecule has 0 atom stereocenters. The molecule has 2 aromatic carbocycles. The van der Waals surface area contributed by atoms with Gasteiger partial charge in [-0.25, -0.2) is 18.4 Å². The molecule has 0 amide bonds. The number of hydrogen-bond donors (Lipinski definition) is 1. The molecule has 0 aliphatic carbocycles. The summed E-state index contributed by atoms with van der Waals surface area (Å²) in [6.07, 6.45) is 3.33. The highest BCUT2D eigenvalue weighted by Gasteiger charge is 2.19. The molecular weight excluding hydrogens is 376 g/mol. The molecule has 28 heavy (non-hydrogen) atoms. The summed E-state index contributed by atoms with van der Waals surface area (Å²) in [5.41, 5.74) is 1.99. The topological polar surface area (TPSA) is 94.1 Å². The van der Waals surface area contributed by atoms with Gasteiger partial charge in [-0.15, -0.1) is 0 Å². The van der Waals surface area contributed by atoms with Crippen molar-refractivity contribution < 1.29 is 13.2 Å². The minimum absolute atomic E-state index is 0.0337. The number of anilines is 1. The van der Waals surface area contributed by atoms with Crippen LogP contribution in [0.3, 0.4) is 0 Å². The first-order chi connectivity index (χ1) is 13.6. The largest absolute Gasteiger partial charge is 0.470 e. The van der Waals surface area contributed by atoms with Crippen LogP contribution in [-0.4, -0.2) is 23.4 Å². The van der Waals surface area contributed by atoms with Crippen molar-refractivity contribution in [3.63, 3.8) is 0 Å². The van der Waals surface area contributed by atoms with E-state index in [-0.39, 0.29) is 23.2 Å². The summed E-state index contributed by atoms with van der Waals surface area (Å²) in [5.74, 6) is 0.133. The van der Waals surface area contributed by atoms with Crippen LogP contribution in [0.25, 0.3) is 11.0 Å². The number of rotatable bonds is 6. The van der Waals surface area contributed by atoms with E-state index in [1.165, 1.54) is 12.1 Å². The van der Waals surface area contributed by atoms with Crippen molar-refractivity contribution in [2.24, 2.45) is 0 Å². The quantitative estimate of drug-likeness (QED) is 0.540. The molecule has 0 aliphatic rings. The molecule has 4 rings (SSSR count). The third-order valence-corrected chi connectivity index (χ3v) is 5.28. The van der Waals surface area contributed by atoms with Crippen LogP contribution >= 0.6 is 0 Å². The van der Waals surface area contributed by atoms with Gasteiger partial charge in [-0.05, 0) is 30.3 Å². The molecule has 0 saturated carbocycles. The molecule has 140 valence electrons. The van der Waals surface area contributed by atoms with Gasteiger partial charge in [-0.1, -0.05) is 36.4 Å². The Morgan fingerprint density at radius 3 is 2.29 bits per heavy atom. The predicted molar refractivity (Wildman–Crippen MR) is 105 cm³/mol. The number of aromatic nitrogens is 3. The van der Waals surface area contributed by atoms with Gasteiger partial charge in [0.1, 0.15) is 6.61 Å². The number of ether oxygens (including phenoxy) is 1. The Hall–Kier alpha value is -3.52. The number of nitrogens with one attached hydrogen (secondary N) is 1. The number of benzene rings is 2. The van der Waals surface area contributed by atoms with E-state index >= 15 is 0 Å². The molecule has 0 fully saturated rings. The average molecular weight is 392 g/mol. The van der Waals surface area contributed by atoms with E-state index in [1.807, 2.05) is 18.2 Å². The summed E-state index contributed by atoms with van der Waals surface area (Å²) >= 11 is 0. The maximum Gasteiger partial charge on any atom is 0.263 e. The Kier molecular flexibility index (Phi) is 4.86. The fourth-order valence-electron chi connectivity index (χ4n) is 2.57. The summed E-state index contributed by atoms with van der Waals surface area (Å²) in [6.45, 7) is 0.181. The number of hydrogen-bond acceptors (Lipinski definition) is 6. The van der Waals surface area contributed by atoms with Crippen LogP contribution in [0, 0.1) is 0 Å². The minimum atomic E-state index is -3.83. The van der Waals surface area contributed by atoms with Gasteiger partial charge in [-0.2, -0.15) is 0 Å². The smallest absolute Gasteiger partial charge is 0.263 e. The van der Waals surface area contributed by atoms with Crippen molar-refractivity contribution >= 4 is 26.9 Å². The van der Waals surface area contributed by atoms with Crippen LogP contribution < -0.4 is 9.46 Å². The van der Waals surface area contributed by atoms with E-state index in [0.717, 1.165) is 5.56 Å². The van der Waals surface area contributed by atoms with E-state index in [0.29, 0.717) is 11.0 Å². The van der Waals surface area contributed by atoms with Crippen molar-refractivity contribution in [3.8, 4) is 5.88 Å². The second-order valence-corrected chi connectivity index (χ2v) is 7.62. The lowest BCUT2D eigenvalue weighted by molar-refractivity contribution is 0.295. The molecule has 2 aromatic heterocycles. The Morgan fingerprint density at radius 1 is 0.857 bits per heavy atom. The lowest BCUT2D eigenvalue weighted by Gasteiger charge is -2.13. The highest BCUT2D eigenvalue weighted by atomic mass is 32.2. The molecule has 0 bridgehead atoms. The van der Waals surface area contributed by atoms with Crippen LogP contribution in [0.2, 0.25) is 0 Å². The number of sulfonamides is 1. The fraction of sp³-hybridized carbons (Fsp3) is 0.0500. The number of pyridine rings is 1. The summed E-state index contributed by atoms with van der Waals surface area (Å²) in [7, 11) is -3.83. The first kappa shape index (κ1) is 17.9. The first-order valence-electron chi connectivity index (χ1n) is 8.48. The zero-order valence-corrected chi connectivity index (χ0v) is 15.5. The van der Waals surface area contributed by atoms with Crippen LogP contribution in [0.5, 0.6) is 5.88 Å². The van der Waals surface area contributed by atoms with Crippen LogP contribution in [0.15, 0.2) is 84.0 Å². The van der Waals surface area contributed by atoms with Gasteiger partial charge in [0.15, 0.2) is 0 Å². The van der Waals surface area contributed by atoms with E-state index in [4.69, 9.17) is 4.74 Å². The van der Waals surface area contributed by atoms with Gasteiger partial charge in [0, 0.05) is 18.0 Å². The lowest BCUT2D eigenvalue weighted by Crippen LogP contribution is -2.15. The van der Waals surface area contributed by atoms with E-state index in [2.05, 4.69) is 19.7 Å². The molecule has 2 heterocycles. The Balaban J connectivity index is 1.71. The molecule has 4 aromatic rings. The molecule has 7 nitrogen and oxygen atoms in total. The third kappa shape index (κ3) is 3.91. The average Bonchev–Trinajstić information content (AvgIpc) is 2.73. The van der Waals surface area contributed by atoms with Crippen LogP contribution in [-0.2, 0) is 16.6 Å². The lowest BCUT2D eigenvalue weighted by atomic mass is 10.3. The van der Waals surface area contributed by atoms with Crippen LogP contribution in [0.1, 0.15) is 5.56 Å². The highest BCUT2D eigenvalue weighted by Crippen LogP contribution is 2.26. The van der Waals surface area contributed by atoms with Crippen molar-refractivity contribution in [1.82, 2.24) is 15.0 Å². The van der Waals surface area contributed by atoms with Gasteiger partial charge >= 0.3 is 0 Å². The third-order valence-electron chi connectivity index (χ3n) is 3.92.